The lowest BCUT2D eigenvalue weighted by molar-refractivity contribution is 0.00140. The third kappa shape index (κ3) is 6.89. The number of aliphatic hydroxyl groups excluding tert-OH is 1. The van der Waals surface area contributed by atoms with Crippen LogP contribution in [0.2, 0.25) is 0 Å². The van der Waals surface area contributed by atoms with E-state index < -0.39 is 6.10 Å². The molecule has 0 aliphatic rings. The highest BCUT2D eigenvalue weighted by molar-refractivity contribution is 5.28. The van der Waals surface area contributed by atoms with E-state index in [0.29, 0.717) is 25.7 Å². The number of benzene rings is 1. The summed E-state index contributed by atoms with van der Waals surface area (Å²) >= 11 is 0. The molecule has 4 nitrogen and oxygen atoms in total. The topological polar surface area (TPSA) is 64.7 Å². The second-order valence-electron chi connectivity index (χ2n) is 5.25. The van der Waals surface area contributed by atoms with Crippen LogP contribution in [0, 0.1) is 5.92 Å². The van der Waals surface area contributed by atoms with E-state index in [0.717, 1.165) is 24.2 Å². The molecule has 114 valence electrons. The molecule has 3 N–H and O–H groups in total. The van der Waals surface area contributed by atoms with Crippen LogP contribution in [0.15, 0.2) is 24.3 Å². The fourth-order valence-electron chi connectivity index (χ4n) is 1.98. The summed E-state index contributed by atoms with van der Waals surface area (Å²) in [6.07, 6.45) is 1.71. The zero-order valence-corrected chi connectivity index (χ0v) is 12.5. The Labute approximate surface area is 121 Å². The first-order valence-electron chi connectivity index (χ1n) is 7.33. The molecule has 2 atom stereocenters. The first-order chi connectivity index (χ1) is 9.65. The van der Waals surface area contributed by atoms with Crippen molar-refractivity contribution >= 4 is 0 Å². The van der Waals surface area contributed by atoms with Gasteiger partial charge in [0.1, 0.15) is 18.5 Å². The average Bonchev–Trinajstić information content (AvgIpc) is 2.45. The van der Waals surface area contributed by atoms with Crippen LogP contribution < -0.4 is 10.5 Å². The molecule has 0 spiro atoms. The Bertz CT molecular complexity index is 370. The van der Waals surface area contributed by atoms with Gasteiger partial charge in [-0.25, -0.2) is 0 Å². The van der Waals surface area contributed by atoms with Crippen molar-refractivity contribution in [1.29, 1.82) is 0 Å². The fraction of sp³-hybridized carbons (Fsp3) is 0.625. The van der Waals surface area contributed by atoms with Gasteiger partial charge in [-0.2, -0.15) is 0 Å². The van der Waals surface area contributed by atoms with Crippen LogP contribution in [-0.4, -0.2) is 31.0 Å². The molecule has 2 unspecified atom stereocenters. The summed E-state index contributed by atoms with van der Waals surface area (Å²) in [5, 5.41) is 9.81. The fourth-order valence-corrected chi connectivity index (χ4v) is 1.98. The SMILES string of the molecule is CCCC(C)COCC(O)COc1cccc(CN)c1. The molecule has 0 radical (unpaired) electrons. The van der Waals surface area contributed by atoms with E-state index in [1.54, 1.807) is 0 Å². The van der Waals surface area contributed by atoms with E-state index >= 15 is 0 Å². The van der Waals surface area contributed by atoms with Gasteiger partial charge in [0.05, 0.1) is 6.61 Å². The van der Waals surface area contributed by atoms with Gasteiger partial charge in [0.2, 0.25) is 0 Å². The van der Waals surface area contributed by atoms with Gasteiger partial charge in [-0.3, -0.25) is 0 Å². The summed E-state index contributed by atoms with van der Waals surface area (Å²) in [7, 11) is 0. The highest BCUT2D eigenvalue weighted by Crippen LogP contribution is 2.13. The number of ether oxygens (including phenoxy) is 2. The molecular weight excluding hydrogens is 254 g/mol. The van der Waals surface area contributed by atoms with Gasteiger partial charge < -0.3 is 20.3 Å². The maximum Gasteiger partial charge on any atom is 0.119 e. The van der Waals surface area contributed by atoms with Gasteiger partial charge >= 0.3 is 0 Å². The van der Waals surface area contributed by atoms with Gasteiger partial charge in [0, 0.05) is 13.2 Å². The first kappa shape index (κ1) is 17.0. The zero-order valence-electron chi connectivity index (χ0n) is 12.5. The molecular formula is C16H27NO3. The number of nitrogens with two attached hydrogens (primary N) is 1. The Morgan fingerprint density at radius 2 is 2.05 bits per heavy atom. The van der Waals surface area contributed by atoms with Crippen molar-refractivity contribution in [2.45, 2.75) is 39.3 Å². The summed E-state index contributed by atoms with van der Waals surface area (Å²) in [6.45, 7) is 6.03. The molecule has 0 aliphatic carbocycles. The monoisotopic (exact) mass is 281 g/mol. The molecule has 1 aromatic carbocycles. The number of aliphatic hydroxyl groups is 1. The molecule has 0 fully saturated rings. The minimum Gasteiger partial charge on any atom is -0.491 e. The third-order valence-electron chi connectivity index (χ3n) is 3.07. The highest BCUT2D eigenvalue weighted by atomic mass is 16.5. The van der Waals surface area contributed by atoms with Crippen molar-refractivity contribution in [2.75, 3.05) is 19.8 Å². The Kier molecular flexibility index (Phi) is 8.26. The van der Waals surface area contributed by atoms with Crippen LogP contribution >= 0.6 is 0 Å². The van der Waals surface area contributed by atoms with Crippen molar-refractivity contribution in [2.24, 2.45) is 11.7 Å². The van der Waals surface area contributed by atoms with E-state index in [4.69, 9.17) is 15.2 Å². The molecule has 0 aliphatic heterocycles. The maximum absolute atomic E-state index is 9.81. The van der Waals surface area contributed by atoms with Crippen molar-refractivity contribution in [3.05, 3.63) is 29.8 Å². The van der Waals surface area contributed by atoms with E-state index in [1.807, 2.05) is 24.3 Å². The van der Waals surface area contributed by atoms with Crippen molar-refractivity contribution in [3.63, 3.8) is 0 Å². The van der Waals surface area contributed by atoms with Crippen LogP contribution in [0.5, 0.6) is 5.75 Å². The molecule has 0 heterocycles. The molecule has 0 amide bonds. The molecule has 0 saturated carbocycles. The van der Waals surface area contributed by atoms with Gasteiger partial charge in [0.25, 0.3) is 0 Å². The van der Waals surface area contributed by atoms with Crippen molar-refractivity contribution < 1.29 is 14.6 Å². The Hall–Kier alpha value is -1.10. The quantitative estimate of drug-likeness (QED) is 0.691. The predicted octanol–water partition coefficient (Wildman–Crippen LogP) is 2.34. The van der Waals surface area contributed by atoms with Crippen LogP contribution in [-0.2, 0) is 11.3 Å². The van der Waals surface area contributed by atoms with E-state index in [2.05, 4.69) is 13.8 Å². The van der Waals surface area contributed by atoms with Crippen LogP contribution in [0.25, 0.3) is 0 Å². The third-order valence-corrected chi connectivity index (χ3v) is 3.07. The van der Waals surface area contributed by atoms with E-state index in [9.17, 15) is 5.11 Å². The highest BCUT2D eigenvalue weighted by Gasteiger charge is 2.07. The maximum atomic E-state index is 9.81. The largest absolute Gasteiger partial charge is 0.491 e. The van der Waals surface area contributed by atoms with Crippen LogP contribution in [0.1, 0.15) is 32.3 Å². The molecule has 4 heteroatoms. The number of hydrogen-bond donors (Lipinski definition) is 2. The minimum absolute atomic E-state index is 0.232. The summed E-state index contributed by atoms with van der Waals surface area (Å²) in [4.78, 5) is 0. The minimum atomic E-state index is -0.606. The molecule has 0 bridgehead atoms. The Balaban J connectivity index is 2.20. The second-order valence-corrected chi connectivity index (χ2v) is 5.25. The van der Waals surface area contributed by atoms with E-state index in [1.165, 1.54) is 0 Å². The number of hydrogen-bond acceptors (Lipinski definition) is 4. The standard InChI is InChI=1S/C16H27NO3/c1-3-5-13(2)10-19-11-15(18)12-20-16-7-4-6-14(8-16)9-17/h4,6-8,13,15,18H,3,5,9-12,17H2,1-2H3. The molecule has 0 aromatic heterocycles. The zero-order chi connectivity index (χ0) is 14.8. The lowest BCUT2D eigenvalue weighted by atomic mass is 10.1. The van der Waals surface area contributed by atoms with Crippen molar-refractivity contribution in [1.82, 2.24) is 0 Å². The normalized spacial score (nSPS) is 14.0. The van der Waals surface area contributed by atoms with Gasteiger partial charge in [-0.1, -0.05) is 32.4 Å². The lowest BCUT2D eigenvalue weighted by Gasteiger charge is -2.15. The lowest BCUT2D eigenvalue weighted by Crippen LogP contribution is -2.24. The van der Waals surface area contributed by atoms with Crippen LogP contribution in [0.4, 0.5) is 0 Å². The average molecular weight is 281 g/mol. The Morgan fingerprint density at radius 3 is 2.75 bits per heavy atom. The Morgan fingerprint density at radius 1 is 1.25 bits per heavy atom. The molecule has 1 aromatic rings. The second kappa shape index (κ2) is 9.75. The van der Waals surface area contributed by atoms with Crippen molar-refractivity contribution in [3.8, 4) is 5.75 Å². The molecule has 20 heavy (non-hydrogen) atoms. The van der Waals surface area contributed by atoms with Gasteiger partial charge in [-0.15, -0.1) is 0 Å². The van der Waals surface area contributed by atoms with E-state index in [-0.39, 0.29) is 6.61 Å². The smallest absolute Gasteiger partial charge is 0.119 e. The van der Waals surface area contributed by atoms with Gasteiger partial charge in [0.15, 0.2) is 0 Å². The van der Waals surface area contributed by atoms with Crippen LogP contribution in [0.3, 0.4) is 0 Å². The predicted molar refractivity (Wildman–Crippen MR) is 80.7 cm³/mol. The van der Waals surface area contributed by atoms with Gasteiger partial charge in [-0.05, 0) is 30.0 Å². The molecule has 1 rings (SSSR count). The number of rotatable bonds is 10. The first-order valence-corrected chi connectivity index (χ1v) is 7.33. The summed E-state index contributed by atoms with van der Waals surface area (Å²) < 4.78 is 11.0. The summed E-state index contributed by atoms with van der Waals surface area (Å²) in [5.74, 6) is 1.26. The molecule has 0 saturated heterocycles. The summed E-state index contributed by atoms with van der Waals surface area (Å²) in [6, 6.07) is 7.58. The summed E-state index contributed by atoms with van der Waals surface area (Å²) in [5.41, 5.74) is 6.58.